The van der Waals surface area contributed by atoms with Crippen LogP contribution in [-0.4, -0.2) is 13.2 Å². The summed E-state index contributed by atoms with van der Waals surface area (Å²) >= 11 is 0. The molecule has 0 aliphatic carbocycles. The van der Waals surface area contributed by atoms with Crippen LogP contribution in [0.5, 0.6) is 0 Å². The van der Waals surface area contributed by atoms with E-state index in [-0.39, 0.29) is 12.0 Å². The zero-order valence-electron chi connectivity index (χ0n) is 9.70. The second-order valence-electron chi connectivity index (χ2n) is 4.39. The van der Waals surface area contributed by atoms with Crippen molar-refractivity contribution in [3.63, 3.8) is 0 Å². The van der Waals surface area contributed by atoms with Gasteiger partial charge < -0.3 is 4.74 Å². The highest BCUT2D eigenvalue weighted by atomic mass is 19.4. The van der Waals surface area contributed by atoms with Crippen LogP contribution in [0.1, 0.15) is 23.6 Å². The fraction of sp³-hybridized carbons (Fsp3) is 0.500. The van der Waals surface area contributed by atoms with Crippen LogP contribution in [0, 0.1) is 5.92 Å². The van der Waals surface area contributed by atoms with E-state index in [1.54, 1.807) is 0 Å². The largest absolute Gasteiger partial charge is 0.416 e. The van der Waals surface area contributed by atoms with Gasteiger partial charge in [0.05, 0.1) is 18.2 Å². The summed E-state index contributed by atoms with van der Waals surface area (Å²) in [5, 5.41) is 0. The summed E-state index contributed by atoms with van der Waals surface area (Å²) in [6, 6.07) is 4.91. The third-order valence-corrected chi connectivity index (χ3v) is 3.21. The Morgan fingerprint density at radius 1 is 1.28 bits per heavy atom. The summed E-state index contributed by atoms with van der Waals surface area (Å²) in [6.07, 6.45) is -3.45. The van der Waals surface area contributed by atoms with Gasteiger partial charge in [-0.15, -0.1) is 0 Å². The molecule has 2 unspecified atom stereocenters. The molecule has 6 heteroatoms. The number of nitrogens with two attached hydrogens (primary N) is 1. The van der Waals surface area contributed by atoms with E-state index in [0.717, 1.165) is 24.1 Å². The van der Waals surface area contributed by atoms with Crippen molar-refractivity contribution in [1.82, 2.24) is 5.43 Å². The monoisotopic (exact) mass is 260 g/mol. The van der Waals surface area contributed by atoms with E-state index in [1.807, 2.05) is 0 Å². The predicted molar refractivity (Wildman–Crippen MR) is 60.4 cm³/mol. The Kier molecular flexibility index (Phi) is 3.89. The predicted octanol–water partition coefficient (Wildman–Crippen LogP) is 2.25. The smallest absolute Gasteiger partial charge is 0.381 e. The molecular weight excluding hydrogens is 245 g/mol. The third-order valence-electron chi connectivity index (χ3n) is 3.21. The van der Waals surface area contributed by atoms with Crippen molar-refractivity contribution in [3.05, 3.63) is 35.4 Å². The van der Waals surface area contributed by atoms with Crippen molar-refractivity contribution in [2.45, 2.75) is 18.6 Å². The van der Waals surface area contributed by atoms with Gasteiger partial charge in [-0.1, -0.05) is 12.1 Å². The molecule has 1 aliphatic rings. The lowest BCUT2D eigenvalue weighted by Gasteiger charge is -2.22. The Morgan fingerprint density at radius 2 is 1.94 bits per heavy atom. The number of nitrogens with one attached hydrogen (secondary N) is 1. The number of halogens is 3. The van der Waals surface area contributed by atoms with Crippen LogP contribution >= 0.6 is 0 Å². The van der Waals surface area contributed by atoms with Crippen LogP contribution in [-0.2, 0) is 10.9 Å². The molecule has 1 aliphatic heterocycles. The normalized spacial score (nSPS) is 22.1. The van der Waals surface area contributed by atoms with Gasteiger partial charge in [-0.2, -0.15) is 13.2 Å². The molecule has 2 rings (SSSR count). The minimum atomic E-state index is -4.30. The molecule has 1 aromatic rings. The fourth-order valence-corrected chi connectivity index (χ4v) is 2.20. The summed E-state index contributed by atoms with van der Waals surface area (Å²) in [5.74, 6) is 5.68. The van der Waals surface area contributed by atoms with Crippen LogP contribution < -0.4 is 11.3 Å². The Hall–Kier alpha value is -1.11. The van der Waals surface area contributed by atoms with Gasteiger partial charge in [-0.05, 0) is 24.1 Å². The molecule has 0 aromatic heterocycles. The van der Waals surface area contributed by atoms with E-state index in [2.05, 4.69) is 5.43 Å². The molecule has 1 fully saturated rings. The average molecular weight is 260 g/mol. The first-order valence-electron chi connectivity index (χ1n) is 5.73. The van der Waals surface area contributed by atoms with Gasteiger partial charge >= 0.3 is 6.18 Å². The first-order chi connectivity index (χ1) is 8.52. The summed E-state index contributed by atoms with van der Waals surface area (Å²) in [4.78, 5) is 0. The number of rotatable bonds is 3. The molecule has 0 bridgehead atoms. The quantitative estimate of drug-likeness (QED) is 0.647. The maximum Gasteiger partial charge on any atom is 0.416 e. The van der Waals surface area contributed by atoms with Gasteiger partial charge in [-0.25, -0.2) is 0 Å². The van der Waals surface area contributed by atoms with E-state index in [9.17, 15) is 13.2 Å². The van der Waals surface area contributed by atoms with Crippen molar-refractivity contribution in [2.75, 3.05) is 13.2 Å². The van der Waals surface area contributed by atoms with Crippen LogP contribution in [0.4, 0.5) is 13.2 Å². The zero-order chi connectivity index (χ0) is 13.2. The third kappa shape index (κ3) is 2.82. The van der Waals surface area contributed by atoms with E-state index in [0.29, 0.717) is 13.2 Å². The molecule has 0 amide bonds. The molecule has 3 nitrogen and oxygen atoms in total. The number of ether oxygens (including phenoxy) is 1. The van der Waals surface area contributed by atoms with Gasteiger partial charge in [-0.3, -0.25) is 11.3 Å². The highest BCUT2D eigenvalue weighted by Crippen LogP contribution is 2.32. The lowest BCUT2D eigenvalue weighted by molar-refractivity contribution is -0.137. The lowest BCUT2D eigenvalue weighted by atomic mass is 9.92. The summed E-state index contributed by atoms with van der Waals surface area (Å²) < 4.78 is 42.6. The molecule has 18 heavy (non-hydrogen) atoms. The SMILES string of the molecule is NNC(c1ccc(C(F)(F)F)cc1)C1CCOC1. The molecule has 1 aromatic carbocycles. The molecule has 0 radical (unpaired) electrons. The van der Waals surface area contributed by atoms with Crippen LogP contribution in [0.2, 0.25) is 0 Å². The molecule has 100 valence electrons. The van der Waals surface area contributed by atoms with E-state index >= 15 is 0 Å². The first kappa shape index (κ1) is 13.3. The Morgan fingerprint density at radius 3 is 2.39 bits per heavy atom. The van der Waals surface area contributed by atoms with Crippen molar-refractivity contribution in [2.24, 2.45) is 11.8 Å². The number of hydrogen-bond acceptors (Lipinski definition) is 3. The molecule has 3 N–H and O–H groups in total. The van der Waals surface area contributed by atoms with E-state index < -0.39 is 11.7 Å². The summed E-state index contributed by atoms with van der Waals surface area (Å²) in [6.45, 7) is 1.25. The Labute approximate surface area is 103 Å². The lowest BCUT2D eigenvalue weighted by Crippen LogP contribution is -2.33. The average Bonchev–Trinajstić information content (AvgIpc) is 2.83. The molecule has 2 atom stereocenters. The zero-order valence-corrected chi connectivity index (χ0v) is 9.70. The molecular formula is C12H15F3N2O. The maximum absolute atomic E-state index is 12.4. The second kappa shape index (κ2) is 5.26. The highest BCUT2D eigenvalue weighted by Gasteiger charge is 2.31. The van der Waals surface area contributed by atoms with Gasteiger partial charge in [0.15, 0.2) is 0 Å². The minimum absolute atomic E-state index is 0.171. The number of hydrogen-bond donors (Lipinski definition) is 2. The van der Waals surface area contributed by atoms with Crippen molar-refractivity contribution in [1.29, 1.82) is 0 Å². The molecule has 1 saturated heterocycles. The summed E-state index contributed by atoms with van der Waals surface area (Å²) in [5.41, 5.74) is 2.76. The molecule has 0 saturated carbocycles. The molecule has 1 heterocycles. The standard InChI is InChI=1S/C12H15F3N2O/c13-12(14,15)10-3-1-8(2-4-10)11(17-16)9-5-6-18-7-9/h1-4,9,11,17H,5-7,16H2. The Balaban J connectivity index is 2.16. The first-order valence-corrected chi connectivity index (χ1v) is 5.73. The van der Waals surface area contributed by atoms with Gasteiger partial charge in [0.2, 0.25) is 0 Å². The maximum atomic E-state index is 12.4. The van der Waals surface area contributed by atoms with E-state index in [4.69, 9.17) is 10.6 Å². The van der Waals surface area contributed by atoms with Crippen LogP contribution in [0.3, 0.4) is 0 Å². The number of alkyl halides is 3. The van der Waals surface area contributed by atoms with Crippen LogP contribution in [0.25, 0.3) is 0 Å². The molecule has 0 spiro atoms. The van der Waals surface area contributed by atoms with Crippen molar-refractivity contribution in [3.8, 4) is 0 Å². The minimum Gasteiger partial charge on any atom is -0.381 e. The Bertz CT molecular complexity index is 385. The number of benzene rings is 1. The second-order valence-corrected chi connectivity index (χ2v) is 4.39. The highest BCUT2D eigenvalue weighted by molar-refractivity contribution is 5.27. The summed E-state index contributed by atoms with van der Waals surface area (Å²) in [7, 11) is 0. The van der Waals surface area contributed by atoms with Crippen molar-refractivity contribution < 1.29 is 17.9 Å². The topological polar surface area (TPSA) is 47.3 Å². The number of hydrazine groups is 1. The van der Waals surface area contributed by atoms with E-state index in [1.165, 1.54) is 12.1 Å². The van der Waals surface area contributed by atoms with Gasteiger partial charge in [0.1, 0.15) is 0 Å². The fourth-order valence-electron chi connectivity index (χ4n) is 2.20. The van der Waals surface area contributed by atoms with Gasteiger partial charge in [0, 0.05) is 12.5 Å². The van der Waals surface area contributed by atoms with Crippen molar-refractivity contribution >= 4 is 0 Å². The van der Waals surface area contributed by atoms with Crippen LogP contribution in [0.15, 0.2) is 24.3 Å². The van der Waals surface area contributed by atoms with Gasteiger partial charge in [0.25, 0.3) is 0 Å².